The number of fused-ring (bicyclic) bond motifs is 2. The summed E-state index contributed by atoms with van der Waals surface area (Å²) in [7, 11) is 0. The van der Waals surface area contributed by atoms with Crippen molar-refractivity contribution in [3.05, 3.63) is 60.0 Å². The molecule has 0 spiro atoms. The van der Waals surface area contributed by atoms with Crippen LogP contribution in [0.3, 0.4) is 0 Å². The van der Waals surface area contributed by atoms with Crippen molar-refractivity contribution in [2.75, 3.05) is 6.54 Å². The fourth-order valence-electron chi connectivity index (χ4n) is 3.09. The summed E-state index contributed by atoms with van der Waals surface area (Å²) >= 11 is 6.45. The molecule has 5 heteroatoms. The molecule has 0 radical (unpaired) electrons. The van der Waals surface area contributed by atoms with Gasteiger partial charge >= 0.3 is 0 Å². The van der Waals surface area contributed by atoms with Gasteiger partial charge in [-0.25, -0.2) is 4.98 Å². The van der Waals surface area contributed by atoms with Crippen molar-refractivity contribution >= 4 is 33.5 Å². The third-order valence-corrected chi connectivity index (χ3v) is 4.49. The minimum Gasteiger partial charge on any atom is -0.332 e. The third kappa shape index (κ3) is 2.54. The number of hydrogen-bond donors (Lipinski definition) is 1. The highest BCUT2D eigenvalue weighted by molar-refractivity contribution is 6.35. The highest BCUT2D eigenvalue weighted by atomic mass is 35.5. The second kappa shape index (κ2) is 6.23. The monoisotopic (exact) mass is 336 g/mol. The first-order valence-electron chi connectivity index (χ1n) is 7.96. The summed E-state index contributed by atoms with van der Waals surface area (Å²) in [4.78, 5) is 8.90. The molecule has 4 aromatic rings. The molecule has 3 aromatic heterocycles. The molecule has 0 amide bonds. The molecule has 0 atom stereocenters. The van der Waals surface area contributed by atoms with Crippen molar-refractivity contribution in [1.29, 1.82) is 0 Å². The Hall–Kier alpha value is -2.43. The van der Waals surface area contributed by atoms with Gasteiger partial charge in [0.05, 0.1) is 10.5 Å². The Morgan fingerprint density at radius 1 is 1.08 bits per heavy atom. The van der Waals surface area contributed by atoms with Crippen molar-refractivity contribution in [2.45, 2.75) is 13.0 Å². The highest BCUT2D eigenvalue weighted by Crippen LogP contribution is 2.34. The zero-order valence-electron chi connectivity index (χ0n) is 13.1. The molecule has 0 saturated carbocycles. The van der Waals surface area contributed by atoms with E-state index in [4.69, 9.17) is 17.3 Å². The van der Waals surface area contributed by atoms with Crippen molar-refractivity contribution in [2.24, 2.45) is 5.73 Å². The number of hydrogen-bond acceptors (Lipinski definition) is 3. The molecule has 0 aliphatic carbocycles. The Bertz CT molecular complexity index is 1020. The van der Waals surface area contributed by atoms with Crippen LogP contribution in [0.4, 0.5) is 0 Å². The first-order valence-corrected chi connectivity index (χ1v) is 8.34. The second-order valence-corrected chi connectivity index (χ2v) is 6.19. The molecule has 0 saturated heterocycles. The number of benzene rings is 1. The zero-order chi connectivity index (χ0) is 16.5. The van der Waals surface area contributed by atoms with Crippen molar-refractivity contribution in [3.63, 3.8) is 0 Å². The first kappa shape index (κ1) is 15.1. The number of pyridine rings is 2. The van der Waals surface area contributed by atoms with E-state index in [1.165, 1.54) is 0 Å². The van der Waals surface area contributed by atoms with Crippen LogP contribution in [-0.4, -0.2) is 21.1 Å². The van der Waals surface area contributed by atoms with Gasteiger partial charge in [0.1, 0.15) is 5.65 Å². The minimum atomic E-state index is 0.662. The van der Waals surface area contributed by atoms with Crippen LogP contribution in [0.15, 0.2) is 55.0 Å². The Labute approximate surface area is 144 Å². The van der Waals surface area contributed by atoms with Gasteiger partial charge < -0.3 is 10.3 Å². The third-order valence-electron chi connectivity index (χ3n) is 4.21. The molecule has 0 unspecified atom stereocenters. The summed E-state index contributed by atoms with van der Waals surface area (Å²) in [5, 5.41) is 2.82. The molecular formula is C19H17ClN4. The smallest absolute Gasteiger partial charge is 0.140 e. The summed E-state index contributed by atoms with van der Waals surface area (Å²) in [6.07, 6.45) is 6.64. The quantitative estimate of drug-likeness (QED) is 0.606. The van der Waals surface area contributed by atoms with Gasteiger partial charge in [0.25, 0.3) is 0 Å². The van der Waals surface area contributed by atoms with E-state index in [1.807, 2.05) is 30.5 Å². The zero-order valence-corrected chi connectivity index (χ0v) is 13.9. The van der Waals surface area contributed by atoms with E-state index in [0.29, 0.717) is 11.6 Å². The van der Waals surface area contributed by atoms with Crippen LogP contribution in [0, 0.1) is 0 Å². The molecule has 2 N–H and O–H groups in total. The van der Waals surface area contributed by atoms with Crippen LogP contribution in [0.25, 0.3) is 33.1 Å². The lowest BCUT2D eigenvalue weighted by atomic mass is 10.0. The van der Waals surface area contributed by atoms with E-state index in [2.05, 4.69) is 32.9 Å². The molecule has 0 fully saturated rings. The molecule has 1 aromatic carbocycles. The van der Waals surface area contributed by atoms with E-state index in [0.717, 1.165) is 46.0 Å². The average Bonchev–Trinajstić information content (AvgIpc) is 2.99. The van der Waals surface area contributed by atoms with Gasteiger partial charge in [-0.1, -0.05) is 17.7 Å². The second-order valence-electron chi connectivity index (χ2n) is 5.79. The summed E-state index contributed by atoms with van der Waals surface area (Å²) in [6.45, 7) is 1.52. The number of nitrogens with two attached hydrogens (primary N) is 1. The molecule has 3 heterocycles. The van der Waals surface area contributed by atoms with Crippen LogP contribution in [0.5, 0.6) is 0 Å². The topological polar surface area (TPSA) is 56.7 Å². The summed E-state index contributed by atoms with van der Waals surface area (Å²) in [6, 6.07) is 12.1. The molecule has 0 aliphatic heterocycles. The lowest BCUT2D eigenvalue weighted by molar-refractivity contribution is 0.666. The molecule has 120 valence electrons. The maximum absolute atomic E-state index is 6.45. The lowest BCUT2D eigenvalue weighted by Gasteiger charge is -2.05. The molecular weight excluding hydrogens is 320 g/mol. The average molecular weight is 337 g/mol. The van der Waals surface area contributed by atoms with E-state index in [-0.39, 0.29) is 0 Å². The van der Waals surface area contributed by atoms with Crippen molar-refractivity contribution in [3.8, 4) is 11.1 Å². The van der Waals surface area contributed by atoms with Gasteiger partial charge in [-0.2, -0.15) is 0 Å². The molecule has 4 rings (SSSR count). The Balaban J connectivity index is 1.93. The summed E-state index contributed by atoms with van der Waals surface area (Å²) in [5.74, 6) is 0. The first-order chi connectivity index (χ1) is 11.8. The Kier molecular flexibility index (Phi) is 3.92. The number of rotatable bonds is 4. The van der Waals surface area contributed by atoms with Crippen LogP contribution >= 0.6 is 11.6 Å². The van der Waals surface area contributed by atoms with E-state index in [1.54, 1.807) is 6.20 Å². The number of nitrogens with zero attached hydrogens (tertiary/aromatic N) is 3. The molecule has 4 nitrogen and oxygen atoms in total. The maximum Gasteiger partial charge on any atom is 0.140 e. The number of aromatic nitrogens is 3. The van der Waals surface area contributed by atoms with Gasteiger partial charge in [0.2, 0.25) is 0 Å². The number of aryl methyl sites for hydroxylation is 1. The van der Waals surface area contributed by atoms with E-state index < -0.39 is 0 Å². The summed E-state index contributed by atoms with van der Waals surface area (Å²) in [5.41, 5.74) is 9.67. The van der Waals surface area contributed by atoms with Crippen LogP contribution < -0.4 is 5.73 Å². The van der Waals surface area contributed by atoms with E-state index >= 15 is 0 Å². The molecule has 0 bridgehead atoms. The molecule has 24 heavy (non-hydrogen) atoms. The fraction of sp³-hybridized carbons (Fsp3) is 0.158. The Morgan fingerprint density at radius 2 is 1.92 bits per heavy atom. The van der Waals surface area contributed by atoms with Gasteiger partial charge in [0.15, 0.2) is 0 Å². The largest absolute Gasteiger partial charge is 0.332 e. The SMILES string of the molecule is NCCCn1cc(-c2cc(Cl)c3ncccc3c2)c2cccnc21. The van der Waals surface area contributed by atoms with E-state index in [9.17, 15) is 0 Å². The Morgan fingerprint density at radius 3 is 2.79 bits per heavy atom. The van der Waals surface area contributed by atoms with Gasteiger partial charge in [-0.15, -0.1) is 0 Å². The van der Waals surface area contributed by atoms with Gasteiger partial charge in [-0.3, -0.25) is 4.98 Å². The minimum absolute atomic E-state index is 0.662. The van der Waals surface area contributed by atoms with Crippen LogP contribution in [0.2, 0.25) is 5.02 Å². The fourth-order valence-corrected chi connectivity index (χ4v) is 3.36. The lowest BCUT2D eigenvalue weighted by Crippen LogP contribution is -2.05. The maximum atomic E-state index is 6.45. The van der Waals surface area contributed by atoms with Crippen molar-refractivity contribution < 1.29 is 0 Å². The predicted octanol–water partition coefficient (Wildman–Crippen LogP) is 4.25. The van der Waals surface area contributed by atoms with Crippen LogP contribution in [0.1, 0.15) is 6.42 Å². The summed E-state index contributed by atoms with van der Waals surface area (Å²) < 4.78 is 2.17. The molecule has 0 aliphatic rings. The predicted molar refractivity (Wildman–Crippen MR) is 99.2 cm³/mol. The number of halogens is 1. The standard InChI is InChI=1S/C19H17ClN4/c20-17-11-14(10-13-4-1-7-22-18(13)17)16-12-24(9-3-6-21)19-15(16)5-2-8-23-19/h1-2,4-5,7-8,10-12H,3,6,9,21H2. The van der Waals surface area contributed by atoms with Gasteiger partial charge in [-0.05, 0) is 48.9 Å². The normalized spacial score (nSPS) is 11.4. The highest BCUT2D eigenvalue weighted by Gasteiger charge is 2.13. The van der Waals surface area contributed by atoms with Crippen molar-refractivity contribution in [1.82, 2.24) is 14.5 Å². The van der Waals surface area contributed by atoms with Crippen LogP contribution in [-0.2, 0) is 6.54 Å². The van der Waals surface area contributed by atoms with Gasteiger partial charge in [0, 0.05) is 41.5 Å².